The van der Waals surface area contributed by atoms with Crippen LogP contribution < -0.4 is 10.5 Å². The minimum atomic E-state index is -2.80. The number of likely N-dealkylation sites (N-methyl/N-ethyl adjacent to an activating group) is 1. The number of esters is 3. The monoisotopic (exact) mass is 902 g/mol. The molecule has 3 saturated carbocycles. The molecule has 0 bridgehead atoms. The number of nitrogens with two attached hydrogens (primary N) is 1. The summed E-state index contributed by atoms with van der Waals surface area (Å²) >= 11 is 0. The van der Waals surface area contributed by atoms with Gasteiger partial charge in [-0.05, 0) is 131 Å². The Morgan fingerprint density at radius 3 is 2.30 bits per heavy atom. The maximum Gasteiger partial charge on any atom is 0.343 e. The van der Waals surface area contributed by atoms with Crippen molar-refractivity contribution in [3.8, 4) is 11.5 Å². The van der Waals surface area contributed by atoms with Crippen LogP contribution in [0.2, 0.25) is 0 Å². The molecule has 9 rings (SSSR count). The molecule has 346 valence electrons. The fourth-order valence-corrected chi connectivity index (χ4v) is 12.8. The molecule has 15 nitrogen and oxygen atoms in total. The van der Waals surface area contributed by atoms with Crippen LogP contribution in [0.25, 0.3) is 5.76 Å². The number of phenols is 1. The summed E-state index contributed by atoms with van der Waals surface area (Å²) in [6, 6.07) is 17.6. The summed E-state index contributed by atoms with van der Waals surface area (Å²) in [5.41, 5.74) is 1.87. The maximum atomic E-state index is 15.1. The molecule has 0 aromatic heterocycles. The molecule has 6 aliphatic carbocycles. The van der Waals surface area contributed by atoms with Gasteiger partial charge in [0.05, 0.1) is 35.6 Å². The van der Waals surface area contributed by atoms with Crippen LogP contribution >= 0.6 is 0 Å². The number of rotatable bonds is 9. The highest BCUT2D eigenvalue weighted by Crippen LogP contribution is 2.62. The first-order valence-electron chi connectivity index (χ1n) is 22.6. The second kappa shape index (κ2) is 16.2. The van der Waals surface area contributed by atoms with Crippen molar-refractivity contribution in [1.82, 2.24) is 4.90 Å². The second-order valence-electron chi connectivity index (χ2n) is 19.5. The van der Waals surface area contributed by atoms with Gasteiger partial charge in [0, 0.05) is 22.8 Å². The molecule has 15 heteroatoms. The van der Waals surface area contributed by atoms with Gasteiger partial charge < -0.3 is 40.4 Å². The van der Waals surface area contributed by atoms with Crippen LogP contribution in [0, 0.1) is 29.1 Å². The van der Waals surface area contributed by atoms with Gasteiger partial charge in [-0.2, -0.15) is 0 Å². The van der Waals surface area contributed by atoms with E-state index in [4.69, 9.17) is 19.9 Å². The molecule has 3 aromatic carbocycles. The van der Waals surface area contributed by atoms with Gasteiger partial charge in [-0.1, -0.05) is 43.3 Å². The first-order valence-corrected chi connectivity index (χ1v) is 22.6. The van der Waals surface area contributed by atoms with Gasteiger partial charge in [-0.15, -0.1) is 0 Å². The van der Waals surface area contributed by atoms with Crippen LogP contribution in [0.15, 0.2) is 83.6 Å². The van der Waals surface area contributed by atoms with Gasteiger partial charge in [-0.3, -0.25) is 28.9 Å². The standard InChI is InChI=1S/C51H54N2O13/c1-49-22-21-29-28-16-14-27(64-48(62)25-9-6-5-7-10-25)23-26(28)13-15-30(29)31(49)17-18-36(49)65-37(55)19-20-38(56)66-51-34(42(53(3)4)44(58)41(46(51)60)47(52)61)24-33-40(45(51)59)43(57)39-32(50(33,2)63)11-8-12-35(39)54/h5-12,14,16,23,29-31,33-34,36,42,54,57,60,63H,13,15,17-22,24H2,1-4H3,(H2,52,61)/t29-,30-,31+,33?,34?,36+,42+,49+,50-,51+/m1/s1. The molecule has 0 aliphatic heterocycles. The predicted molar refractivity (Wildman–Crippen MR) is 236 cm³/mol. The Kier molecular flexibility index (Phi) is 11.0. The Labute approximate surface area is 381 Å². The number of aryl methyl sites for hydroxylation is 1. The fraction of sp³-hybridized carbons (Fsp3) is 0.451. The first kappa shape index (κ1) is 44.9. The summed E-state index contributed by atoms with van der Waals surface area (Å²) < 4.78 is 17.8. The van der Waals surface area contributed by atoms with Gasteiger partial charge in [0.1, 0.15) is 28.9 Å². The van der Waals surface area contributed by atoms with Gasteiger partial charge in [0.15, 0.2) is 11.5 Å². The molecule has 2 unspecified atom stereocenters. The van der Waals surface area contributed by atoms with E-state index < -0.39 is 112 Å². The number of hydrogen-bond donors (Lipinski definition) is 5. The third-order valence-corrected chi connectivity index (χ3v) is 15.9. The van der Waals surface area contributed by atoms with Crippen LogP contribution in [0.5, 0.6) is 11.5 Å². The van der Waals surface area contributed by atoms with E-state index in [0.29, 0.717) is 29.6 Å². The number of ether oxygens (including phenoxy) is 3. The minimum Gasteiger partial charge on any atom is -0.507 e. The van der Waals surface area contributed by atoms with E-state index in [1.165, 1.54) is 55.2 Å². The summed E-state index contributed by atoms with van der Waals surface area (Å²) in [5.74, 6) is -9.41. The Morgan fingerprint density at radius 1 is 0.864 bits per heavy atom. The molecule has 6 aliphatic rings. The molecule has 3 aromatic rings. The highest BCUT2D eigenvalue weighted by molar-refractivity contribution is 6.25. The van der Waals surface area contributed by atoms with Crippen molar-refractivity contribution < 1.29 is 63.4 Å². The smallest absolute Gasteiger partial charge is 0.343 e. The normalized spacial score (nSPS) is 32.0. The molecule has 66 heavy (non-hydrogen) atoms. The van der Waals surface area contributed by atoms with Gasteiger partial charge in [0.2, 0.25) is 11.4 Å². The molecular weight excluding hydrogens is 849 g/mol. The van der Waals surface area contributed by atoms with Crippen molar-refractivity contribution in [2.75, 3.05) is 14.1 Å². The van der Waals surface area contributed by atoms with Crippen LogP contribution in [-0.2, 0) is 45.5 Å². The van der Waals surface area contributed by atoms with Crippen LogP contribution in [0.1, 0.15) is 104 Å². The van der Waals surface area contributed by atoms with E-state index in [0.717, 1.165) is 32.1 Å². The van der Waals surface area contributed by atoms with Crippen molar-refractivity contribution in [2.45, 2.75) is 101 Å². The SMILES string of the molecule is CN(C)[C@@H]1C(=O)C(C(N)=O)=C(O)[C@@]2(OC(=O)CCC(=O)O[C@H]3CC[C@H]4[C@@H]5CCc6cc(OC(=O)c7ccccc7)ccc6[C@H]5CC[C@]34C)C(=O)C3=C(O)c4c(O)cccc4[C@@](C)(O)C3CC12. The number of hydrogen-bond acceptors (Lipinski definition) is 14. The summed E-state index contributed by atoms with van der Waals surface area (Å²) in [5, 5.41) is 46.4. The number of nitrogens with zero attached hydrogens (tertiary/aromatic N) is 1. The lowest BCUT2D eigenvalue weighted by atomic mass is 9.54. The largest absolute Gasteiger partial charge is 0.507 e. The number of carbonyl (C=O) groups excluding carboxylic acids is 6. The van der Waals surface area contributed by atoms with Crippen molar-refractivity contribution >= 4 is 41.1 Å². The zero-order chi connectivity index (χ0) is 47.2. The molecule has 3 fully saturated rings. The number of benzene rings is 3. The highest BCUT2D eigenvalue weighted by atomic mass is 16.6. The van der Waals surface area contributed by atoms with E-state index in [9.17, 15) is 44.4 Å². The first-order chi connectivity index (χ1) is 31.3. The van der Waals surface area contributed by atoms with Crippen LogP contribution in [0.4, 0.5) is 0 Å². The third kappa shape index (κ3) is 6.83. The summed E-state index contributed by atoms with van der Waals surface area (Å²) in [6.07, 6.45) is 3.09. The number of Topliss-reactive ketones (excluding diaryl/α,β-unsaturated/α-hetero) is 2. The summed E-state index contributed by atoms with van der Waals surface area (Å²) in [7, 11) is 2.98. The number of ketones is 2. The van der Waals surface area contributed by atoms with Crippen molar-refractivity contribution in [1.29, 1.82) is 0 Å². The molecular formula is C51H54N2O13. The Morgan fingerprint density at radius 2 is 1.59 bits per heavy atom. The van der Waals surface area contributed by atoms with E-state index in [1.54, 1.807) is 24.3 Å². The van der Waals surface area contributed by atoms with Gasteiger partial charge in [0.25, 0.3) is 5.91 Å². The second-order valence-corrected chi connectivity index (χ2v) is 19.5. The van der Waals surface area contributed by atoms with E-state index in [-0.39, 0.29) is 28.9 Å². The maximum absolute atomic E-state index is 15.1. The number of aliphatic hydroxyl groups is 3. The predicted octanol–water partition coefficient (Wildman–Crippen LogP) is 5.65. The number of phenolic OH excluding ortho intramolecular Hbond substituents is 1. The zero-order valence-corrected chi connectivity index (χ0v) is 37.2. The molecule has 6 N–H and O–H groups in total. The minimum absolute atomic E-state index is 0.101. The average molecular weight is 903 g/mol. The van der Waals surface area contributed by atoms with E-state index >= 15 is 4.79 Å². The molecule has 10 atom stereocenters. The third-order valence-electron chi connectivity index (χ3n) is 15.9. The highest BCUT2D eigenvalue weighted by Gasteiger charge is 2.69. The van der Waals surface area contributed by atoms with Crippen LogP contribution in [0.3, 0.4) is 0 Å². The lowest BCUT2D eigenvalue weighted by Gasteiger charge is -2.54. The Balaban J connectivity index is 0.919. The number of aromatic hydroxyl groups is 1. The van der Waals surface area contributed by atoms with E-state index in [2.05, 4.69) is 13.0 Å². The summed E-state index contributed by atoms with van der Waals surface area (Å²) in [6.45, 7) is 3.55. The zero-order valence-electron chi connectivity index (χ0n) is 37.2. The number of amides is 1. The fourth-order valence-electron chi connectivity index (χ4n) is 12.8. The average Bonchev–Trinajstić information content (AvgIpc) is 3.60. The number of carbonyl (C=O) groups is 6. The molecule has 0 spiro atoms. The van der Waals surface area contributed by atoms with Crippen LogP contribution in [-0.4, -0.2) is 92.5 Å². The van der Waals surface area contributed by atoms with E-state index in [1.807, 2.05) is 18.2 Å². The number of primary amides is 1. The summed E-state index contributed by atoms with van der Waals surface area (Å²) in [4.78, 5) is 83.6. The molecule has 0 radical (unpaired) electrons. The lowest BCUT2D eigenvalue weighted by molar-refractivity contribution is -0.185. The quantitative estimate of drug-likeness (QED) is 0.0992. The van der Waals surface area contributed by atoms with Gasteiger partial charge in [-0.25, -0.2) is 4.79 Å². The van der Waals surface area contributed by atoms with Crippen molar-refractivity contribution in [3.63, 3.8) is 0 Å². The number of aliphatic hydroxyl groups excluding tert-OH is 2. The topological polar surface area (TPSA) is 240 Å². The van der Waals surface area contributed by atoms with Gasteiger partial charge >= 0.3 is 17.9 Å². The Bertz CT molecular complexity index is 2650. The molecule has 0 saturated heterocycles. The molecule has 0 heterocycles. The van der Waals surface area contributed by atoms with Crippen molar-refractivity contribution in [3.05, 3.63) is 111 Å². The Hall–Kier alpha value is -6.32. The lowest BCUT2D eigenvalue weighted by Crippen LogP contribution is -2.68. The molecule has 1 amide bonds. The number of fused-ring (bicyclic) bond motifs is 8. The van der Waals surface area contributed by atoms with Crippen molar-refractivity contribution in [2.24, 2.45) is 34.8 Å².